The van der Waals surface area contributed by atoms with Crippen LogP contribution in [0.2, 0.25) is 0 Å². The minimum absolute atomic E-state index is 0.0300. The molecule has 1 aromatic heterocycles. The minimum atomic E-state index is -0.958. The van der Waals surface area contributed by atoms with Gasteiger partial charge in [0.05, 0.1) is 10.9 Å². The monoisotopic (exact) mass is 322 g/mol. The maximum atomic E-state index is 13.5. The van der Waals surface area contributed by atoms with Crippen molar-refractivity contribution in [3.8, 4) is 0 Å². The second-order valence-electron chi connectivity index (χ2n) is 3.68. The third kappa shape index (κ3) is 2.94. The first kappa shape index (κ1) is 14.4. The SMILES string of the molecule is O=c1c(CC=C(Cl)Cl)c(S)oc2c(F)cc(F)cc12. The Balaban J connectivity index is 2.75. The van der Waals surface area contributed by atoms with E-state index in [2.05, 4.69) is 12.6 Å². The molecule has 2 rings (SSSR count). The molecule has 0 saturated carbocycles. The van der Waals surface area contributed by atoms with Crippen LogP contribution in [-0.4, -0.2) is 0 Å². The molecule has 0 amide bonds. The Kier molecular flexibility index (Phi) is 4.18. The molecule has 19 heavy (non-hydrogen) atoms. The van der Waals surface area contributed by atoms with Gasteiger partial charge in [-0.3, -0.25) is 4.79 Å². The van der Waals surface area contributed by atoms with Crippen molar-refractivity contribution in [2.45, 2.75) is 11.5 Å². The van der Waals surface area contributed by atoms with Crippen molar-refractivity contribution in [3.63, 3.8) is 0 Å². The molecule has 0 aliphatic rings. The summed E-state index contributed by atoms with van der Waals surface area (Å²) in [6, 6.07) is 1.54. The van der Waals surface area contributed by atoms with Gasteiger partial charge in [0.15, 0.2) is 21.9 Å². The highest BCUT2D eigenvalue weighted by molar-refractivity contribution is 7.80. The number of thiol groups is 1. The molecule has 0 spiro atoms. The molecule has 0 N–H and O–H groups in total. The number of hydrogen-bond acceptors (Lipinski definition) is 3. The van der Waals surface area contributed by atoms with E-state index >= 15 is 0 Å². The molecule has 0 unspecified atom stereocenters. The van der Waals surface area contributed by atoms with Gasteiger partial charge in [0, 0.05) is 12.5 Å². The topological polar surface area (TPSA) is 30.2 Å². The number of allylic oxidation sites excluding steroid dienone is 1. The summed E-state index contributed by atoms with van der Waals surface area (Å²) >= 11 is 14.9. The van der Waals surface area contributed by atoms with Crippen molar-refractivity contribution in [1.29, 1.82) is 0 Å². The number of halogens is 4. The number of fused-ring (bicyclic) bond motifs is 1. The predicted molar refractivity (Wildman–Crippen MR) is 73.1 cm³/mol. The summed E-state index contributed by atoms with van der Waals surface area (Å²) in [5, 5.41) is -0.252. The van der Waals surface area contributed by atoms with Crippen molar-refractivity contribution >= 4 is 46.8 Å². The second kappa shape index (κ2) is 5.53. The number of hydrogen-bond donors (Lipinski definition) is 1. The quantitative estimate of drug-likeness (QED) is 0.839. The van der Waals surface area contributed by atoms with Crippen molar-refractivity contribution in [3.05, 3.63) is 50.1 Å². The van der Waals surface area contributed by atoms with Crippen molar-refractivity contribution in [2.24, 2.45) is 0 Å². The first-order valence-electron chi connectivity index (χ1n) is 5.05. The lowest BCUT2D eigenvalue weighted by atomic mass is 10.1. The van der Waals surface area contributed by atoms with Crippen LogP contribution in [0, 0.1) is 11.6 Å². The first-order chi connectivity index (χ1) is 8.90. The number of rotatable bonds is 2. The summed E-state index contributed by atoms with van der Waals surface area (Å²) in [4.78, 5) is 12.1. The van der Waals surface area contributed by atoms with Gasteiger partial charge in [0.2, 0.25) is 0 Å². The molecule has 0 fully saturated rings. The Morgan fingerprint density at radius 3 is 2.68 bits per heavy atom. The zero-order valence-corrected chi connectivity index (χ0v) is 11.6. The molecule has 0 radical (unpaired) electrons. The van der Waals surface area contributed by atoms with E-state index in [1.165, 1.54) is 6.08 Å². The van der Waals surface area contributed by atoms with E-state index in [-0.39, 0.29) is 32.5 Å². The van der Waals surface area contributed by atoms with Crippen molar-refractivity contribution in [2.75, 3.05) is 0 Å². The maximum absolute atomic E-state index is 13.5. The Hall–Kier alpha value is -1.04. The van der Waals surface area contributed by atoms with Crippen LogP contribution in [0.5, 0.6) is 0 Å². The zero-order chi connectivity index (χ0) is 14.2. The van der Waals surface area contributed by atoms with Gasteiger partial charge in [-0.2, -0.15) is 0 Å². The summed E-state index contributed by atoms with van der Waals surface area (Å²) in [5.41, 5.74) is -0.781. The van der Waals surface area contributed by atoms with E-state index in [9.17, 15) is 13.6 Å². The van der Waals surface area contributed by atoms with E-state index < -0.39 is 17.1 Å². The number of benzene rings is 1. The van der Waals surface area contributed by atoms with E-state index in [1.807, 2.05) is 0 Å². The fourth-order valence-corrected chi connectivity index (χ4v) is 2.05. The van der Waals surface area contributed by atoms with Crippen LogP contribution in [0.1, 0.15) is 5.56 Å². The van der Waals surface area contributed by atoms with Gasteiger partial charge in [-0.15, -0.1) is 12.6 Å². The highest BCUT2D eigenvalue weighted by atomic mass is 35.5. The average molecular weight is 323 g/mol. The van der Waals surface area contributed by atoms with Crippen LogP contribution in [-0.2, 0) is 6.42 Å². The second-order valence-corrected chi connectivity index (χ2v) is 5.09. The van der Waals surface area contributed by atoms with Gasteiger partial charge in [-0.1, -0.05) is 23.2 Å². The normalized spacial score (nSPS) is 10.8. The van der Waals surface area contributed by atoms with E-state index in [4.69, 9.17) is 27.6 Å². The fourth-order valence-electron chi connectivity index (χ4n) is 1.61. The molecule has 100 valence electrons. The lowest BCUT2D eigenvalue weighted by Gasteiger charge is -2.05. The lowest BCUT2D eigenvalue weighted by molar-refractivity contribution is 0.466. The highest BCUT2D eigenvalue weighted by Crippen LogP contribution is 2.23. The predicted octanol–water partition coefficient (Wildman–Crippen LogP) is 4.22. The average Bonchev–Trinajstić information content (AvgIpc) is 2.30. The largest absolute Gasteiger partial charge is 0.446 e. The summed E-state index contributed by atoms with van der Waals surface area (Å²) in [6.45, 7) is 0. The van der Waals surface area contributed by atoms with Crippen molar-refractivity contribution in [1.82, 2.24) is 0 Å². The van der Waals surface area contributed by atoms with Crippen LogP contribution < -0.4 is 5.43 Å². The molecule has 2 aromatic rings. The molecule has 2 nitrogen and oxygen atoms in total. The zero-order valence-electron chi connectivity index (χ0n) is 9.21. The van der Waals surface area contributed by atoms with Crippen LogP contribution in [0.4, 0.5) is 8.78 Å². The highest BCUT2D eigenvalue weighted by Gasteiger charge is 2.15. The Morgan fingerprint density at radius 1 is 1.37 bits per heavy atom. The third-order valence-corrected chi connectivity index (χ3v) is 3.11. The van der Waals surface area contributed by atoms with Gasteiger partial charge in [0.1, 0.15) is 10.3 Å². The summed E-state index contributed by atoms with van der Waals surface area (Å²) in [5.74, 6) is -1.82. The Labute approximate surface area is 122 Å². The molecule has 0 aliphatic heterocycles. The minimum Gasteiger partial charge on any atom is -0.446 e. The molecule has 0 bridgehead atoms. The van der Waals surface area contributed by atoms with Crippen molar-refractivity contribution < 1.29 is 13.2 Å². The molecule has 1 aromatic carbocycles. The Morgan fingerprint density at radius 2 is 2.05 bits per heavy atom. The molecule has 1 heterocycles. The van der Waals surface area contributed by atoms with E-state index in [0.717, 1.165) is 6.07 Å². The maximum Gasteiger partial charge on any atom is 0.197 e. The first-order valence-corrected chi connectivity index (χ1v) is 6.25. The van der Waals surface area contributed by atoms with Crippen LogP contribution in [0.3, 0.4) is 0 Å². The van der Waals surface area contributed by atoms with Gasteiger partial charge >= 0.3 is 0 Å². The van der Waals surface area contributed by atoms with Gasteiger partial charge < -0.3 is 4.42 Å². The molecular formula is C12H6Cl2F2O2S. The smallest absolute Gasteiger partial charge is 0.197 e. The van der Waals surface area contributed by atoms with Gasteiger partial charge in [0.25, 0.3) is 0 Å². The lowest BCUT2D eigenvalue weighted by Crippen LogP contribution is -2.10. The molecule has 0 atom stereocenters. The van der Waals surface area contributed by atoms with Gasteiger partial charge in [-0.25, -0.2) is 8.78 Å². The summed E-state index contributed by atoms with van der Waals surface area (Å²) < 4.78 is 31.7. The van der Waals surface area contributed by atoms with Crippen LogP contribution >= 0.6 is 35.8 Å². The molecule has 0 saturated heterocycles. The van der Waals surface area contributed by atoms with E-state index in [0.29, 0.717) is 6.07 Å². The molecular weight excluding hydrogens is 317 g/mol. The fraction of sp³-hybridized carbons (Fsp3) is 0.0833. The van der Waals surface area contributed by atoms with E-state index in [1.54, 1.807) is 0 Å². The Bertz CT molecular complexity index is 737. The summed E-state index contributed by atoms with van der Waals surface area (Å²) in [7, 11) is 0. The van der Waals surface area contributed by atoms with Gasteiger partial charge in [-0.05, 0) is 12.1 Å². The third-order valence-electron chi connectivity index (χ3n) is 2.44. The molecule has 7 heteroatoms. The van der Waals surface area contributed by atoms with Crippen LogP contribution in [0.25, 0.3) is 11.0 Å². The van der Waals surface area contributed by atoms with Crippen LogP contribution in [0.15, 0.2) is 37.0 Å². The standard InChI is InChI=1S/C12H6Cl2F2O2S/c13-9(14)2-1-6-10(17)7-3-5(15)4-8(16)11(7)18-12(6)19/h2-4,19H,1H2. The molecule has 0 aliphatic carbocycles. The summed E-state index contributed by atoms with van der Waals surface area (Å²) in [6.07, 6.45) is 1.41.